The van der Waals surface area contributed by atoms with Crippen LogP contribution in [-0.2, 0) is 4.79 Å². The van der Waals surface area contributed by atoms with E-state index in [0.717, 1.165) is 18.2 Å². The van der Waals surface area contributed by atoms with E-state index in [1.165, 1.54) is 40.9 Å². The van der Waals surface area contributed by atoms with Gasteiger partial charge in [-0.25, -0.2) is 13.2 Å². The highest BCUT2D eigenvalue weighted by Gasteiger charge is 2.37. The molecule has 1 saturated heterocycles. The minimum atomic E-state index is -0.850. The monoisotopic (exact) mass is 428 g/mol. The Kier molecular flexibility index (Phi) is 5.50. The van der Waals surface area contributed by atoms with Crippen LogP contribution in [-0.4, -0.2) is 17.6 Å². The first-order valence-corrected chi connectivity index (χ1v) is 10.0. The quantitative estimate of drug-likeness (QED) is 0.627. The van der Waals surface area contributed by atoms with Gasteiger partial charge in [0.1, 0.15) is 22.8 Å². The molecule has 3 aromatic rings. The summed E-state index contributed by atoms with van der Waals surface area (Å²) in [6.07, 6.45) is 0. The van der Waals surface area contributed by atoms with Gasteiger partial charge >= 0.3 is 0 Å². The number of thioether (sulfide) groups is 1. The van der Waals surface area contributed by atoms with Gasteiger partial charge < -0.3 is 5.32 Å². The molecule has 0 saturated carbocycles. The number of nitrogens with zero attached hydrogens (tertiary/aromatic N) is 1. The van der Waals surface area contributed by atoms with E-state index in [2.05, 4.69) is 5.32 Å². The van der Waals surface area contributed by atoms with Crippen molar-refractivity contribution in [2.75, 3.05) is 16.0 Å². The number of nitrogens with one attached hydrogen (secondary N) is 1. The fraction of sp³-hybridized carbons (Fsp3) is 0.0909. The number of para-hydroxylation sites is 1. The molecular formula is C22H15F3N2O2S. The summed E-state index contributed by atoms with van der Waals surface area (Å²) in [5.41, 5.74) is 1.08. The number of amides is 2. The van der Waals surface area contributed by atoms with Crippen molar-refractivity contribution < 1.29 is 22.8 Å². The zero-order valence-corrected chi connectivity index (χ0v) is 16.3. The van der Waals surface area contributed by atoms with Crippen LogP contribution in [0.4, 0.5) is 24.5 Å². The zero-order chi connectivity index (χ0) is 21.3. The Labute approximate surface area is 174 Å². The Bertz CT molecular complexity index is 1140. The molecule has 1 aliphatic heterocycles. The Morgan fingerprint density at radius 1 is 0.967 bits per heavy atom. The summed E-state index contributed by atoms with van der Waals surface area (Å²) in [5.74, 6) is -2.87. The van der Waals surface area contributed by atoms with Crippen molar-refractivity contribution >= 4 is 35.0 Å². The lowest BCUT2D eigenvalue weighted by molar-refractivity contribution is -0.115. The SMILES string of the molecule is O=C(Nc1ccccc1C1SCC(=O)N1c1ccc(F)cc1F)c1cccc(F)c1. The van der Waals surface area contributed by atoms with E-state index in [1.54, 1.807) is 24.3 Å². The van der Waals surface area contributed by atoms with Crippen LogP contribution in [0.5, 0.6) is 0 Å². The van der Waals surface area contributed by atoms with Crippen LogP contribution in [0.2, 0.25) is 0 Å². The molecule has 1 N–H and O–H groups in total. The van der Waals surface area contributed by atoms with Crippen molar-refractivity contribution in [1.82, 2.24) is 0 Å². The van der Waals surface area contributed by atoms with Crippen LogP contribution in [0.25, 0.3) is 0 Å². The maximum atomic E-state index is 14.4. The van der Waals surface area contributed by atoms with Crippen LogP contribution in [0.15, 0.2) is 66.7 Å². The molecule has 1 fully saturated rings. The van der Waals surface area contributed by atoms with Gasteiger partial charge in [-0.05, 0) is 36.4 Å². The average molecular weight is 428 g/mol. The molecule has 0 aliphatic carbocycles. The second kappa shape index (κ2) is 8.23. The third kappa shape index (κ3) is 3.91. The van der Waals surface area contributed by atoms with E-state index < -0.39 is 28.7 Å². The highest BCUT2D eigenvalue weighted by Crippen LogP contribution is 2.44. The smallest absolute Gasteiger partial charge is 0.255 e. The number of benzene rings is 3. The lowest BCUT2D eigenvalue weighted by atomic mass is 10.1. The summed E-state index contributed by atoms with van der Waals surface area (Å²) < 4.78 is 41.2. The highest BCUT2D eigenvalue weighted by molar-refractivity contribution is 8.00. The summed E-state index contributed by atoms with van der Waals surface area (Å²) in [7, 11) is 0. The largest absolute Gasteiger partial charge is 0.322 e. The molecule has 4 nitrogen and oxygen atoms in total. The lowest BCUT2D eigenvalue weighted by Gasteiger charge is -2.26. The van der Waals surface area contributed by atoms with E-state index >= 15 is 0 Å². The van der Waals surface area contributed by atoms with E-state index in [9.17, 15) is 22.8 Å². The lowest BCUT2D eigenvalue weighted by Crippen LogP contribution is -2.29. The average Bonchev–Trinajstić information content (AvgIpc) is 3.09. The molecule has 1 heterocycles. The Morgan fingerprint density at radius 3 is 2.50 bits per heavy atom. The predicted molar refractivity (Wildman–Crippen MR) is 110 cm³/mol. The number of hydrogen-bond acceptors (Lipinski definition) is 3. The van der Waals surface area contributed by atoms with Crippen molar-refractivity contribution in [3.8, 4) is 0 Å². The van der Waals surface area contributed by atoms with E-state index in [0.29, 0.717) is 11.3 Å². The third-order valence-electron chi connectivity index (χ3n) is 4.60. The van der Waals surface area contributed by atoms with Crippen molar-refractivity contribution in [1.29, 1.82) is 0 Å². The van der Waals surface area contributed by atoms with Gasteiger partial charge in [0.25, 0.3) is 5.91 Å². The molecule has 2 amide bonds. The number of anilines is 2. The number of carbonyl (C=O) groups excluding carboxylic acids is 2. The zero-order valence-electron chi connectivity index (χ0n) is 15.4. The Hall–Kier alpha value is -3.26. The second-order valence-electron chi connectivity index (χ2n) is 6.57. The van der Waals surface area contributed by atoms with E-state index in [1.807, 2.05) is 0 Å². The fourth-order valence-corrected chi connectivity index (χ4v) is 4.45. The molecule has 8 heteroatoms. The molecule has 1 aliphatic rings. The Balaban J connectivity index is 1.68. The number of halogens is 3. The minimum Gasteiger partial charge on any atom is -0.322 e. The first kappa shape index (κ1) is 20.0. The van der Waals surface area contributed by atoms with Gasteiger partial charge in [0.2, 0.25) is 5.91 Å². The van der Waals surface area contributed by atoms with Crippen molar-refractivity contribution in [3.05, 3.63) is 95.3 Å². The number of carbonyl (C=O) groups is 2. The highest BCUT2D eigenvalue weighted by atomic mass is 32.2. The van der Waals surface area contributed by atoms with Gasteiger partial charge in [-0.1, -0.05) is 24.3 Å². The summed E-state index contributed by atoms with van der Waals surface area (Å²) in [6.45, 7) is 0. The normalized spacial score (nSPS) is 16.0. The number of rotatable bonds is 4. The summed E-state index contributed by atoms with van der Waals surface area (Å²) in [5, 5.41) is 2.11. The van der Waals surface area contributed by atoms with Gasteiger partial charge in [-0.2, -0.15) is 0 Å². The molecule has 1 unspecified atom stereocenters. The fourth-order valence-electron chi connectivity index (χ4n) is 3.24. The topological polar surface area (TPSA) is 49.4 Å². The summed E-state index contributed by atoms with van der Waals surface area (Å²) in [4.78, 5) is 26.3. The van der Waals surface area contributed by atoms with Crippen molar-refractivity contribution in [2.45, 2.75) is 5.37 Å². The predicted octanol–water partition coefficient (Wildman–Crippen LogP) is 5.13. The molecule has 0 radical (unpaired) electrons. The molecule has 1 atom stereocenters. The molecule has 3 aromatic carbocycles. The summed E-state index contributed by atoms with van der Waals surface area (Å²) >= 11 is 1.26. The first-order chi connectivity index (χ1) is 14.4. The van der Waals surface area contributed by atoms with Crippen LogP contribution in [0.1, 0.15) is 21.3 Å². The van der Waals surface area contributed by atoms with Gasteiger partial charge in [0.05, 0.1) is 11.4 Å². The van der Waals surface area contributed by atoms with E-state index in [4.69, 9.17) is 0 Å². The maximum absolute atomic E-state index is 14.4. The Morgan fingerprint density at radius 2 is 1.73 bits per heavy atom. The van der Waals surface area contributed by atoms with Gasteiger partial charge in [0.15, 0.2) is 0 Å². The molecule has 30 heavy (non-hydrogen) atoms. The molecule has 0 spiro atoms. The van der Waals surface area contributed by atoms with Crippen molar-refractivity contribution in [3.63, 3.8) is 0 Å². The molecule has 4 rings (SSSR count). The molecule has 152 valence electrons. The maximum Gasteiger partial charge on any atom is 0.255 e. The second-order valence-corrected chi connectivity index (χ2v) is 7.64. The molecule has 0 aromatic heterocycles. The van der Waals surface area contributed by atoms with Crippen LogP contribution < -0.4 is 10.2 Å². The van der Waals surface area contributed by atoms with Crippen LogP contribution >= 0.6 is 11.8 Å². The number of hydrogen-bond donors (Lipinski definition) is 1. The molecular weight excluding hydrogens is 413 g/mol. The summed E-state index contributed by atoms with van der Waals surface area (Å²) in [6, 6.07) is 15.1. The third-order valence-corrected chi connectivity index (χ3v) is 5.79. The van der Waals surface area contributed by atoms with Gasteiger partial charge in [-0.15, -0.1) is 11.8 Å². The molecule has 0 bridgehead atoms. The van der Waals surface area contributed by atoms with Gasteiger partial charge in [-0.3, -0.25) is 14.5 Å². The van der Waals surface area contributed by atoms with Crippen LogP contribution in [0, 0.1) is 17.5 Å². The van der Waals surface area contributed by atoms with Crippen LogP contribution in [0.3, 0.4) is 0 Å². The van der Waals surface area contributed by atoms with E-state index in [-0.39, 0.29) is 22.9 Å². The first-order valence-electron chi connectivity index (χ1n) is 8.98. The van der Waals surface area contributed by atoms with Gasteiger partial charge in [0, 0.05) is 22.9 Å². The van der Waals surface area contributed by atoms with Crippen molar-refractivity contribution in [2.24, 2.45) is 0 Å². The standard InChI is InChI=1S/C22H15F3N2O2S/c23-14-5-3-4-13(10-14)21(29)26-18-7-2-1-6-16(18)22-27(20(28)12-30-22)19-9-8-15(24)11-17(19)25/h1-11,22H,12H2,(H,26,29). The minimum absolute atomic E-state index is 0.0392.